The van der Waals surface area contributed by atoms with E-state index in [4.69, 9.17) is 10.5 Å². The second-order valence-corrected chi connectivity index (χ2v) is 8.07. The van der Waals surface area contributed by atoms with Gasteiger partial charge in [0.2, 0.25) is 10.0 Å². The van der Waals surface area contributed by atoms with E-state index in [0.717, 1.165) is 10.4 Å². The lowest BCUT2D eigenvalue weighted by atomic mass is 10.1. The summed E-state index contributed by atoms with van der Waals surface area (Å²) in [5.74, 6) is 0.598. The van der Waals surface area contributed by atoms with Crippen LogP contribution in [0.5, 0.6) is 5.75 Å². The molecule has 0 saturated carbocycles. The quantitative estimate of drug-likeness (QED) is 0.691. The number of methoxy groups -OCH3 is 1. The van der Waals surface area contributed by atoms with Crippen molar-refractivity contribution in [2.45, 2.75) is 11.4 Å². The van der Waals surface area contributed by atoms with Crippen LogP contribution in [0.15, 0.2) is 59.5 Å². The van der Waals surface area contributed by atoms with Gasteiger partial charge in [0, 0.05) is 17.0 Å². The first-order valence-corrected chi connectivity index (χ1v) is 9.74. The molecule has 3 aromatic rings. The molecule has 3 N–H and O–H groups in total. The first-order valence-electron chi connectivity index (χ1n) is 7.44. The Kier molecular flexibility index (Phi) is 5.03. The minimum absolute atomic E-state index is 0.119. The van der Waals surface area contributed by atoms with Crippen LogP contribution in [0.1, 0.15) is 4.88 Å². The summed E-state index contributed by atoms with van der Waals surface area (Å²) in [7, 11) is -2.11. The van der Waals surface area contributed by atoms with Crippen LogP contribution in [-0.2, 0) is 16.6 Å². The van der Waals surface area contributed by atoms with Gasteiger partial charge in [-0.15, -0.1) is 11.3 Å². The Bertz CT molecular complexity index is 953. The van der Waals surface area contributed by atoms with Crippen molar-refractivity contribution in [1.82, 2.24) is 9.71 Å². The van der Waals surface area contributed by atoms with Crippen LogP contribution in [0.2, 0.25) is 0 Å². The predicted octanol–water partition coefficient (Wildman–Crippen LogP) is 2.88. The van der Waals surface area contributed by atoms with Crippen molar-refractivity contribution in [2.75, 3.05) is 12.8 Å². The van der Waals surface area contributed by atoms with E-state index in [-0.39, 0.29) is 11.4 Å². The van der Waals surface area contributed by atoms with Crippen molar-refractivity contribution in [3.05, 3.63) is 59.5 Å². The second kappa shape index (κ2) is 7.22. The maximum Gasteiger partial charge on any atom is 0.240 e. The predicted molar refractivity (Wildman–Crippen MR) is 99.0 cm³/mol. The van der Waals surface area contributed by atoms with Gasteiger partial charge < -0.3 is 10.5 Å². The van der Waals surface area contributed by atoms with E-state index in [0.29, 0.717) is 16.6 Å². The number of rotatable bonds is 6. The van der Waals surface area contributed by atoms with Gasteiger partial charge in [0.05, 0.1) is 17.7 Å². The summed E-state index contributed by atoms with van der Waals surface area (Å²) in [6.07, 6.45) is 0. The van der Waals surface area contributed by atoms with E-state index in [1.807, 2.05) is 30.3 Å². The molecule has 1 heterocycles. The standard InChI is InChI=1S/C17H17N3O3S2/c1-23-13-7-9-14(10-8-13)25(21,22)19-11-15-16(20-17(18)24-15)12-5-3-2-4-6-12/h2-10,19H,11H2,1H3,(H2,18,20). The lowest BCUT2D eigenvalue weighted by molar-refractivity contribution is 0.414. The van der Waals surface area contributed by atoms with Gasteiger partial charge >= 0.3 is 0 Å². The molecule has 0 saturated heterocycles. The molecule has 0 unspecified atom stereocenters. The number of sulfonamides is 1. The number of anilines is 1. The number of nitrogens with one attached hydrogen (secondary N) is 1. The monoisotopic (exact) mass is 375 g/mol. The van der Waals surface area contributed by atoms with Gasteiger partial charge in [-0.05, 0) is 24.3 Å². The summed E-state index contributed by atoms with van der Waals surface area (Å²) in [4.78, 5) is 5.26. The summed E-state index contributed by atoms with van der Waals surface area (Å²) in [6, 6.07) is 15.7. The zero-order chi connectivity index (χ0) is 17.9. The van der Waals surface area contributed by atoms with Gasteiger partial charge in [0.15, 0.2) is 5.13 Å². The van der Waals surface area contributed by atoms with E-state index >= 15 is 0 Å². The average Bonchev–Trinajstić information content (AvgIpc) is 3.02. The minimum atomic E-state index is -3.64. The Morgan fingerprint density at radius 3 is 2.44 bits per heavy atom. The molecule has 1 aromatic heterocycles. The number of nitrogens with zero attached hydrogens (tertiary/aromatic N) is 1. The van der Waals surface area contributed by atoms with Crippen LogP contribution < -0.4 is 15.2 Å². The van der Waals surface area contributed by atoms with Crippen LogP contribution in [0.4, 0.5) is 5.13 Å². The normalized spacial score (nSPS) is 11.4. The third-order valence-electron chi connectivity index (χ3n) is 3.55. The number of hydrogen-bond donors (Lipinski definition) is 2. The summed E-state index contributed by atoms with van der Waals surface area (Å²) < 4.78 is 32.6. The molecule has 6 nitrogen and oxygen atoms in total. The van der Waals surface area contributed by atoms with E-state index in [2.05, 4.69) is 9.71 Å². The summed E-state index contributed by atoms with van der Waals surface area (Å²) in [5.41, 5.74) is 7.41. The topological polar surface area (TPSA) is 94.3 Å². The largest absolute Gasteiger partial charge is 0.497 e. The molecule has 0 fully saturated rings. The maximum atomic E-state index is 12.5. The van der Waals surface area contributed by atoms with Crippen LogP contribution in [0, 0.1) is 0 Å². The molecule has 0 atom stereocenters. The van der Waals surface area contributed by atoms with Gasteiger partial charge in [0.25, 0.3) is 0 Å². The molecule has 0 amide bonds. The van der Waals surface area contributed by atoms with Gasteiger partial charge in [-0.1, -0.05) is 30.3 Å². The van der Waals surface area contributed by atoms with E-state index in [1.54, 1.807) is 12.1 Å². The maximum absolute atomic E-state index is 12.5. The molecular weight excluding hydrogens is 358 g/mol. The van der Waals surface area contributed by atoms with Crippen LogP contribution in [0.3, 0.4) is 0 Å². The molecule has 8 heteroatoms. The zero-order valence-electron chi connectivity index (χ0n) is 13.5. The van der Waals surface area contributed by atoms with Crippen molar-refractivity contribution >= 4 is 26.5 Å². The molecule has 2 aromatic carbocycles. The highest BCUT2D eigenvalue weighted by Crippen LogP contribution is 2.29. The van der Waals surface area contributed by atoms with Gasteiger partial charge in [-0.25, -0.2) is 18.1 Å². The summed E-state index contributed by atoms with van der Waals surface area (Å²) in [5, 5.41) is 0.400. The molecule has 130 valence electrons. The van der Waals surface area contributed by atoms with Crippen molar-refractivity contribution in [3.8, 4) is 17.0 Å². The third-order valence-corrected chi connectivity index (χ3v) is 5.86. The number of aromatic nitrogens is 1. The SMILES string of the molecule is COc1ccc(S(=O)(=O)NCc2sc(N)nc2-c2ccccc2)cc1. The van der Waals surface area contributed by atoms with Crippen LogP contribution in [0.25, 0.3) is 11.3 Å². The lowest BCUT2D eigenvalue weighted by Crippen LogP contribution is -2.23. The summed E-state index contributed by atoms with van der Waals surface area (Å²) in [6.45, 7) is 0.119. The van der Waals surface area contributed by atoms with Crippen molar-refractivity contribution < 1.29 is 13.2 Å². The fraction of sp³-hybridized carbons (Fsp3) is 0.118. The Morgan fingerprint density at radius 2 is 1.80 bits per heavy atom. The highest BCUT2D eigenvalue weighted by molar-refractivity contribution is 7.89. The lowest BCUT2D eigenvalue weighted by Gasteiger charge is -2.08. The van der Waals surface area contributed by atoms with E-state index in [9.17, 15) is 8.42 Å². The molecule has 0 aliphatic rings. The molecule has 25 heavy (non-hydrogen) atoms. The first kappa shape index (κ1) is 17.4. The fourth-order valence-corrected chi connectivity index (χ4v) is 4.19. The zero-order valence-corrected chi connectivity index (χ0v) is 15.1. The molecule has 3 rings (SSSR count). The molecule has 0 aliphatic heterocycles. The minimum Gasteiger partial charge on any atom is -0.497 e. The Balaban J connectivity index is 1.81. The Labute approximate surface area is 150 Å². The van der Waals surface area contributed by atoms with Crippen LogP contribution >= 0.6 is 11.3 Å². The molecular formula is C17H17N3O3S2. The van der Waals surface area contributed by atoms with Crippen molar-refractivity contribution in [3.63, 3.8) is 0 Å². The van der Waals surface area contributed by atoms with Crippen LogP contribution in [-0.4, -0.2) is 20.5 Å². The van der Waals surface area contributed by atoms with E-state index < -0.39 is 10.0 Å². The number of nitrogen functional groups attached to an aromatic ring is 1. The number of ether oxygens (including phenoxy) is 1. The molecule has 0 spiro atoms. The molecule has 0 aliphatic carbocycles. The number of benzene rings is 2. The number of thiazole rings is 1. The Morgan fingerprint density at radius 1 is 1.12 bits per heavy atom. The van der Waals surface area contributed by atoms with Gasteiger partial charge in [-0.2, -0.15) is 0 Å². The number of nitrogens with two attached hydrogens (primary N) is 1. The first-order chi connectivity index (χ1) is 12.0. The second-order valence-electron chi connectivity index (χ2n) is 5.19. The highest BCUT2D eigenvalue weighted by Gasteiger charge is 2.17. The molecule has 0 bridgehead atoms. The smallest absolute Gasteiger partial charge is 0.240 e. The van der Waals surface area contributed by atoms with Crippen molar-refractivity contribution in [2.24, 2.45) is 0 Å². The Hall–Kier alpha value is -2.42. The van der Waals surface area contributed by atoms with Crippen molar-refractivity contribution in [1.29, 1.82) is 0 Å². The number of hydrogen-bond acceptors (Lipinski definition) is 6. The summed E-state index contributed by atoms with van der Waals surface area (Å²) >= 11 is 1.27. The fourth-order valence-electron chi connectivity index (χ4n) is 2.31. The van der Waals surface area contributed by atoms with Gasteiger partial charge in [0.1, 0.15) is 5.75 Å². The van der Waals surface area contributed by atoms with Gasteiger partial charge in [-0.3, -0.25) is 0 Å². The molecule has 0 radical (unpaired) electrons. The average molecular weight is 375 g/mol. The van der Waals surface area contributed by atoms with E-state index in [1.165, 1.54) is 30.6 Å². The highest BCUT2D eigenvalue weighted by atomic mass is 32.2. The third kappa shape index (κ3) is 3.98.